The van der Waals surface area contributed by atoms with Crippen molar-refractivity contribution in [2.24, 2.45) is 4.99 Å². The second-order valence-electron chi connectivity index (χ2n) is 6.20. The van der Waals surface area contributed by atoms with Crippen molar-refractivity contribution in [1.82, 2.24) is 10.6 Å². The van der Waals surface area contributed by atoms with Crippen molar-refractivity contribution < 1.29 is 22.6 Å². The maximum Gasteiger partial charge on any atom is 0.416 e. The van der Waals surface area contributed by atoms with E-state index in [1.807, 2.05) is 6.92 Å². The van der Waals surface area contributed by atoms with Gasteiger partial charge >= 0.3 is 6.18 Å². The molecule has 1 aliphatic rings. The minimum absolute atomic E-state index is 0.00389. The van der Waals surface area contributed by atoms with Crippen LogP contribution in [0.1, 0.15) is 30.9 Å². The summed E-state index contributed by atoms with van der Waals surface area (Å²) in [4.78, 5) is 4.05. The van der Waals surface area contributed by atoms with E-state index in [-0.39, 0.29) is 23.5 Å². The minimum Gasteiger partial charge on any atom is -0.497 e. The molecule has 5 nitrogen and oxygen atoms in total. The first-order valence-corrected chi connectivity index (χ1v) is 8.10. The Hall–Kier alpha value is -1.96. The predicted molar refractivity (Wildman–Crippen MR) is 89.8 cm³/mol. The Morgan fingerprint density at radius 1 is 1.36 bits per heavy atom. The van der Waals surface area contributed by atoms with E-state index in [4.69, 9.17) is 9.47 Å². The number of benzene rings is 1. The van der Waals surface area contributed by atoms with Gasteiger partial charge in [-0.1, -0.05) is 6.07 Å². The molecule has 0 radical (unpaired) electrons. The zero-order valence-electron chi connectivity index (χ0n) is 14.7. The molecule has 0 saturated carbocycles. The fourth-order valence-electron chi connectivity index (χ4n) is 2.75. The largest absolute Gasteiger partial charge is 0.497 e. The monoisotopic (exact) mass is 359 g/mol. The van der Waals surface area contributed by atoms with Gasteiger partial charge in [0, 0.05) is 26.7 Å². The lowest BCUT2D eigenvalue weighted by molar-refractivity contribution is -0.138. The number of halogens is 3. The molecular formula is C17H24F3N3O2. The fourth-order valence-corrected chi connectivity index (χ4v) is 2.75. The molecule has 1 atom stereocenters. The van der Waals surface area contributed by atoms with Gasteiger partial charge in [-0.3, -0.25) is 4.99 Å². The van der Waals surface area contributed by atoms with Gasteiger partial charge in [-0.15, -0.1) is 0 Å². The molecule has 2 rings (SSSR count). The van der Waals surface area contributed by atoms with E-state index < -0.39 is 11.7 Å². The lowest BCUT2D eigenvalue weighted by Gasteiger charge is -2.25. The van der Waals surface area contributed by atoms with Crippen LogP contribution in [0.5, 0.6) is 5.75 Å². The molecule has 1 heterocycles. The van der Waals surface area contributed by atoms with E-state index in [9.17, 15) is 13.2 Å². The number of rotatable bonds is 5. The second kappa shape index (κ2) is 7.95. The third kappa shape index (κ3) is 5.26. The van der Waals surface area contributed by atoms with Gasteiger partial charge in [0.05, 0.1) is 18.3 Å². The summed E-state index contributed by atoms with van der Waals surface area (Å²) in [6, 6.07) is 3.92. The van der Waals surface area contributed by atoms with E-state index in [2.05, 4.69) is 15.6 Å². The van der Waals surface area contributed by atoms with Crippen molar-refractivity contribution in [3.63, 3.8) is 0 Å². The molecule has 1 fully saturated rings. The van der Waals surface area contributed by atoms with Crippen LogP contribution in [0, 0.1) is 0 Å². The summed E-state index contributed by atoms with van der Waals surface area (Å²) in [5.41, 5.74) is -0.866. The molecule has 0 aliphatic carbocycles. The van der Waals surface area contributed by atoms with Crippen LogP contribution in [0.25, 0.3) is 0 Å². The highest BCUT2D eigenvalue weighted by molar-refractivity contribution is 5.79. The molecule has 1 aromatic rings. The standard InChI is InChI=1S/C17H24F3N3O2/c1-16(7-4-8-25-16)11-23-15(21-2)22-10-12-5-6-13(24-3)9-14(12)17(18,19)20/h5-6,9H,4,7-8,10-11H2,1-3H3,(H2,21,22,23). The van der Waals surface area contributed by atoms with Gasteiger partial charge in [0.25, 0.3) is 0 Å². The summed E-state index contributed by atoms with van der Waals surface area (Å²) in [6.45, 7) is 3.27. The second-order valence-corrected chi connectivity index (χ2v) is 6.20. The van der Waals surface area contributed by atoms with Gasteiger partial charge in [-0.2, -0.15) is 13.2 Å². The van der Waals surface area contributed by atoms with Crippen LogP contribution in [0.4, 0.5) is 13.2 Å². The molecular weight excluding hydrogens is 335 g/mol. The molecule has 1 aliphatic heterocycles. The van der Waals surface area contributed by atoms with Gasteiger partial charge < -0.3 is 20.1 Å². The molecule has 0 amide bonds. The first kappa shape index (κ1) is 19.4. The molecule has 25 heavy (non-hydrogen) atoms. The third-order valence-corrected chi connectivity index (χ3v) is 4.22. The lowest BCUT2D eigenvalue weighted by atomic mass is 10.0. The number of hydrogen-bond donors (Lipinski definition) is 2. The summed E-state index contributed by atoms with van der Waals surface area (Å²) in [6.07, 6.45) is -2.51. The van der Waals surface area contributed by atoms with Crippen LogP contribution in [0.15, 0.2) is 23.2 Å². The number of ether oxygens (including phenoxy) is 2. The normalized spacial score (nSPS) is 21.3. The number of hydrogen-bond acceptors (Lipinski definition) is 3. The molecule has 140 valence electrons. The van der Waals surface area contributed by atoms with E-state index in [1.165, 1.54) is 19.2 Å². The summed E-state index contributed by atoms with van der Waals surface area (Å²) < 4.78 is 50.3. The number of aliphatic imine (C=N–C) groups is 1. The number of nitrogens with zero attached hydrogens (tertiary/aromatic N) is 1. The summed E-state index contributed by atoms with van der Waals surface area (Å²) in [5.74, 6) is 0.602. The topological polar surface area (TPSA) is 54.9 Å². The molecule has 1 unspecified atom stereocenters. The molecule has 8 heteroatoms. The smallest absolute Gasteiger partial charge is 0.416 e. The Labute approximate surface area is 145 Å². The fraction of sp³-hybridized carbons (Fsp3) is 0.588. The first-order valence-electron chi connectivity index (χ1n) is 8.10. The quantitative estimate of drug-likeness (QED) is 0.627. The van der Waals surface area contributed by atoms with Crippen molar-refractivity contribution in [2.45, 2.75) is 38.1 Å². The average molecular weight is 359 g/mol. The van der Waals surface area contributed by atoms with Crippen LogP contribution in [-0.4, -0.2) is 38.9 Å². The van der Waals surface area contributed by atoms with Crippen LogP contribution in [0.3, 0.4) is 0 Å². The molecule has 2 N–H and O–H groups in total. The molecule has 1 saturated heterocycles. The minimum atomic E-state index is -4.45. The van der Waals surface area contributed by atoms with E-state index in [1.54, 1.807) is 7.05 Å². The Morgan fingerprint density at radius 2 is 2.12 bits per heavy atom. The lowest BCUT2D eigenvalue weighted by Crippen LogP contribution is -2.45. The number of guanidine groups is 1. The van der Waals surface area contributed by atoms with Crippen molar-refractivity contribution in [3.05, 3.63) is 29.3 Å². The van der Waals surface area contributed by atoms with E-state index in [0.29, 0.717) is 12.5 Å². The summed E-state index contributed by atoms with van der Waals surface area (Å²) >= 11 is 0. The maximum absolute atomic E-state index is 13.2. The van der Waals surface area contributed by atoms with E-state index >= 15 is 0 Å². The zero-order valence-corrected chi connectivity index (χ0v) is 14.7. The average Bonchev–Trinajstić information content (AvgIpc) is 3.01. The molecule has 0 aromatic heterocycles. The number of methoxy groups -OCH3 is 1. The Kier molecular flexibility index (Phi) is 6.16. The van der Waals surface area contributed by atoms with Crippen molar-refractivity contribution in [1.29, 1.82) is 0 Å². The Balaban J connectivity index is 2.01. The molecule has 0 spiro atoms. The van der Waals surface area contributed by atoms with Gasteiger partial charge in [0.1, 0.15) is 5.75 Å². The van der Waals surface area contributed by atoms with Crippen molar-refractivity contribution in [2.75, 3.05) is 27.3 Å². The SMILES string of the molecule is CN=C(NCc1ccc(OC)cc1C(F)(F)F)NCC1(C)CCCO1. The van der Waals surface area contributed by atoms with Gasteiger partial charge in [0.15, 0.2) is 5.96 Å². The zero-order chi connectivity index (χ0) is 18.5. The van der Waals surface area contributed by atoms with Crippen molar-refractivity contribution in [3.8, 4) is 5.75 Å². The van der Waals surface area contributed by atoms with Crippen LogP contribution >= 0.6 is 0 Å². The highest BCUT2D eigenvalue weighted by atomic mass is 19.4. The summed E-state index contributed by atoms with van der Waals surface area (Å²) in [7, 11) is 2.91. The Morgan fingerprint density at radius 3 is 2.68 bits per heavy atom. The number of alkyl halides is 3. The van der Waals surface area contributed by atoms with Crippen molar-refractivity contribution >= 4 is 5.96 Å². The first-order chi connectivity index (χ1) is 11.8. The van der Waals surface area contributed by atoms with Gasteiger partial charge in [-0.05, 0) is 37.5 Å². The van der Waals surface area contributed by atoms with Crippen LogP contribution < -0.4 is 15.4 Å². The Bertz CT molecular complexity index is 612. The molecule has 0 bridgehead atoms. The highest BCUT2D eigenvalue weighted by Crippen LogP contribution is 2.34. The number of nitrogens with one attached hydrogen (secondary N) is 2. The van der Waals surface area contributed by atoms with Gasteiger partial charge in [0.2, 0.25) is 0 Å². The predicted octanol–water partition coefficient (Wildman–Crippen LogP) is 2.95. The van der Waals surface area contributed by atoms with Crippen LogP contribution in [0.2, 0.25) is 0 Å². The van der Waals surface area contributed by atoms with Crippen LogP contribution in [-0.2, 0) is 17.5 Å². The highest BCUT2D eigenvalue weighted by Gasteiger charge is 2.34. The maximum atomic E-state index is 13.2. The molecule has 1 aromatic carbocycles. The summed E-state index contributed by atoms with van der Waals surface area (Å²) in [5, 5.41) is 6.03. The third-order valence-electron chi connectivity index (χ3n) is 4.22. The van der Waals surface area contributed by atoms with E-state index in [0.717, 1.165) is 25.5 Å². The van der Waals surface area contributed by atoms with Gasteiger partial charge in [-0.25, -0.2) is 0 Å².